The van der Waals surface area contributed by atoms with Gasteiger partial charge in [0.2, 0.25) is 0 Å². The molecule has 0 aliphatic carbocycles. The summed E-state index contributed by atoms with van der Waals surface area (Å²) in [5.74, 6) is 0.655. The minimum Gasteiger partial charge on any atom is -0.398 e. The van der Waals surface area contributed by atoms with Crippen LogP contribution in [0.25, 0.3) is 22.4 Å². The molecule has 0 unspecified atom stereocenters. The molecular weight excluding hydrogens is 295 g/mol. The second-order valence-electron chi connectivity index (χ2n) is 4.65. The molecule has 5 N–H and O–H groups in total. The van der Waals surface area contributed by atoms with E-state index in [1.165, 1.54) is 0 Å². The number of benzene rings is 2. The summed E-state index contributed by atoms with van der Waals surface area (Å²) < 4.78 is 0. The fourth-order valence-corrected chi connectivity index (χ4v) is 2.61. The van der Waals surface area contributed by atoms with E-state index in [-0.39, 0.29) is 0 Å². The summed E-state index contributed by atoms with van der Waals surface area (Å²) in [6.07, 6.45) is 0. The predicted molar refractivity (Wildman–Crippen MR) is 85.1 cm³/mol. The fourth-order valence-electron chi connectivity index (χ4n) is 2.08. The third-order valence-corrected chi connectivity index (χ3v) is 3.77. The molecule has 0 aliphatic heterocycles. The van der Waals surface area contributed by atoms with Crippen molar-refractivity contribution in [3.63, 3.8) is 0 Å². The molecule has 1 aromatic heterocycles. The van der Waals surface area contributed by atoms with Gasteiger partial charge in [0, 0.05) is 22.0 Å². The normalized spacial score (nSPS) is 11.2. The molecular formula is C14H12Cl2N4. The van der Waals surface area contributed by atoms with Crippen LogP contribution < -0.4 is 11.5 Å². The molecule has 0 fully saturated rings. The highest BCUT2D eigenvalue weighted by atomic mass is 35.5. The maximum atomic E-state index is 6.13. The summed E-state index contributed by atoms with van der Waals surface area (Å²) in [5, 5.41) is 1.06. The minimum atomic E-state index is 0.503. The van der Waals surface area contributed by atoms with Crippen molar-refractivity contribution in [1.29, 1.82) is 0 Å². The Labute approximate surface area is 125 Å². The number of anilines is 2. The lowest BCUT2D eigenvalue weighted by Gasteiger charge is -2.06. The molecule has 0 spiro atoms. The number of nitrogens with one attached hydrogen (secondary N) is 1. The summed E-state index contributed by atoms with van der Waals surface area (Å²) in [5.41, 5.74) is 16.3. The van der Waals surface area contributed by atoms with Crippen molar-refractivity contribution < 1.29 is 0 Å². The molecule has 4 nitrogen and oxygen atoms in total. The Morgan fingerprint density at radius 2 is 1.70 bits per heavy atom. The fraction of sp³-hybridized carbons (Fsp3) is 0.0714. The highest BCUT2D eigenvalue weighted by Gasteiger charge is 2.11. The number of nitrogen functional groups attached to an aromatic ring is 2. The Morgan fingerprint density at radius 1 is 1.05 bits per heavy atom. The average Bonchev–Trinajstić information content (AvgIpc) is 2.79. The van der Waals surface area contributed by atoms with Crippen molar-refractivity contribution in [3.8, 4) is 11.4 Å². The van der Waals surface area contributed by atoms with Crippen molar-refractivity contribution in [2.45, 2.75) is 6.92 Å². The zero-order valence-electron chi connectivity index (χ0n) is 10.7. The van der Waals surface area contributed by atoms with Gasteiger partial charge in [-0.1, -0.05) is 23.2 Å². The van der Waals surface area contributed by atoms with Gasteiger partial charge in [-0.3, -0.25) is 0 Å². The van der Waals surface area contributed by atoms with Crippen molar-refractivity contribution >= 4 is 45.6 Å². The van der Waals surface area contributed by atoms with Crippen molar-refractivity contribution in [1.82, 2.24) is 9.97 Å². The van der Waals surface area contributed by atoms with E-state index in [9.17, 15) is 0 Å². The molecule has 0 atom stereocenters. The number of imidazole rings is 1. The lowest BCUT2D eigenvalue weighted by molar-refractivity contribution is 1.33. The first-order chi connectivity index (χ1) is 9.45. The summed E-state index contributed by atoms with van der Waals surface area (Å²) in [4.78, 5) is 7.65. The van der Waals surface area contributed by atoms with Crippen LogP contribution in [0, 0.1) is 6.92 Å². The molecule has 0 bridgehead atoms. The van der Waals surface area contributed by atoms with Gasteiger partial charge in [-0.2, -0.15) is 0 Å². The first-order valence-electron chi connectivity index (χ1n) is 5.96. The summed E-state index contributed by atoms with van der Waals surface area (Å²) in [6.45, 7) is 1.88. The molecule has 0 aliphatic rings. The van der Waals surface area contributed by atoms with Gasteiger partial charge in [0.05, 0.1) is 10.5 Å². The number of aromatic amines is 1. The highest BCUT2D eigenvalue weighted by Crippen LogP contribution is 2.31. The highest BCUT2D eigenvalue weighted by molar-refractivity contribution is 6.38. The third kappa shape index (κ3) is 2.07. The molecule has 2 aromatic carbocycles. The van der Waals surface area contributed by atoms with Crippen LogP contribution in [-0.2, 0) is 0 Å². The standard InChI is InChI=1S/C14H12Cl2N4/c1-6-10(17)2-7(3-11(6)18)14-19-12-5-8(15)4-9(16)13(12)20-14/h2-5H,17-18H2,1H3,(H,19,20). The van der Waals surface area contributed by atoms with E-state index >= 15 is 0 Å². The first-order valence-corrected chi connectivity index (χ1v) is 6.72. The largest absolute Gasteiger partial charge is 0.398 e. The van der Waals surface area contributed by atoms with Gasteiger partial charge in [0.15, 0.2) is 0 Å². The zero-order chi connectivity index (χ0) is 14.4. The van der Waals surface area contributed by atoms with Gasteiger partial charge in [-0.25, -0.2) is 4.98 Å². The maximum Gasteiger partial charge on any atom is 0.138 e. The van der Waals surface area contributed by atoms with E-state index in [1.807, 2.05) is 19.1 Å². The molecule has 0 radical (unpaired) electrons. The van der Waals surface area contributed by atoms with E-state index in [4.69, 9.17) is 34.7 Å². The van der Waals surface area contributed by atoms with Crippen LogP contribution in [0.5, 0.6) is 0 Å². The first kappa shape index (κ1) is 13.1. The van der Waals surface area contributed by atoms with Gasteiger partial charge in [0.25, 0.3) is 0 Å². The van der Waals surface area contributed by atoms with Gasteiger partial charge >= 0.3 is 0 Å². The maximum absolute atomic E-state index is 6.13. The van der Waals surface area contributed by atoms with E-state index in [0.717, 1.165) is 16.6 Å². The molecule has 1 heterocycles. The number of aromatic nitrogens is 2. The number of halogens is 2. The Hall–Kier alpha value is -1.91. The van der Waals surface area contributed by atoms with Crippen LogP contribution in [0.15, 0.2) is 24.3 Å². The molecule has 20 heavy (non-hydrogen) atoms. The van der Waals surface area contributed by atoms with Crippen LogP contribution >= 0.6 is 23.2 Å². The van der Waals surface area contributed by atoms with Gasteiger partial charge in [-0.15, -0.1) is 0 Å². The number of hydrogen-bond donors (Lipinski definition) is 3. The lowest BCUT2D eigenvalue weighted by Crippen LogP contribution is -1.97. The molecule has 6 heteroatoms. The van der Waals surface area contributed by atoms with Crippen LogP contribution in [0.1, 0.15) is 5.56 Å². The summed E-state index contributed by atoms with van der Waals surface area (Å²) in [6, 6.07) is 7.10. The zero-order valence-corrected chi connectivity index (χ0v) is 12.2. The van der Waals surface area contributed by atoms with Gasteiger partial charge in [-0.05, 0) is 36.8 Å². The van der Waals surface area contributed by atoms with Crippen LogP contribution in [-0.4, -0.2) is 9.97 Å². The molecule has 0 saturated heterocycles. The predicted octanol–water partition coefficient (Wildman–Crippen LogP) is 4.01. The van der Waals surface area contributed by atoms with Crippen molar-refractivity contribution in [2.24, 2.45) is 0 Å². The Bertz CT molecular complexity index is 800. The topological polar surface area (TPSA) is 80.7 Å². The van der Waals surface area contributed by atoms with Crippen LogP contribution in [0.3, 0.4) is 0 Å². The SMILES string of the molecule is Cc1c(N)cc(-c2nc3c(Cl)cc(Cl)cc3[nH]2)cc1N. The molecule has 0 amide bonds. The monoisotopic (exact) mass is 306 g/mol. The number of H-pyrrole nitrogens is 1. The quantitative estimate of drug-likeness (QED) is 0.594. The smallest absolute Gasteiger partial charge is 0.138 e. The number of hydrogen-bond acceptors (Lipinski definition) is 3. The van der Waals surface area contributed by atoms with Crippen LogP contribution in [0.4, 0.5) is 11.4 Å². The van der Waals surface area contributed by atoms with Crippen molar-refractivity contribution in [3.05, 3.63) is 39.9 Å². The second-order valence-corrected chi connectivity index (χ2v) is 5.49. The molecule has 3 aromatic rings. The third-order valence-electron chi connectivity index (χ3n) is 3.27. The van der Waals surface area contributed by atoms with E-state index in [0.29, 0.717) is 32.8 Å². The van der Waals surface area contributed by atoms with E-state index in [2.05, 4.69) is 9.97 Å². The number of nitrogens with zero attached hydrogens (tertiary/aromatic N) is 1. The van der Waals surface area contributed by atoms with Gasteiger partial charge in [0.1, 0.15) is 11.3 Å². The minimum absolute atomic E-state index is 0.503. The molecule has 102 valence electrons. The second kappa shape index (κ2) is 4.58. The van der Waals surface area contributed by atoms with E-state index < -0.39 is 0 Å². The Balaban J connectivity index is 2.22. The molecule has 0 saturated carbocycles. The number of rotatable bonds is 1. The van der Waals surface area contributed by atoms with Crippen LogP contribution in [0.2, 0.25) is 10.0 Å². The van der Waals surface area contributed by atoms with Crippen molar-refractivity contribution in [2.75, 3.05) is 11.5 Å². The number of nitrogens with two attached hydrogens (primary N) is 2. The number of fused-ring (bicyclic) bond motifs is 1. The Morgan fingerprint density at radius 3 is 2.35 bits per heavy atom. The summed E-state index contributed by atoms with van der Waals surface area (Å²) in [7, 11) is 0. The summed E-state index contributed by atoms with van der Waals surface area (Å²) >= 11 is 12.1. The molecule has 3 rings (SSSR count). The Kier molecular flexibility index (Phi) is 3.00. The lowest BCUT2D eigenvalue weighted by atomic mass is 10.1. The van der Waals surface area contributed by atoms with E-state index in [1.54, 1.807) is 12.1 Å². The van der Waals surface area contributed by atoms with Gasteiger partial charge < -0.3 is 16.5 Å². The average molecular weight is 307 g/mol.